The van der Waals surface area contributed by atoms with Crippen molar-refractivity contribution in [2.24, 2.45) is 0 Å². The number of fused-ring (bicyclic) bond motifs is 1. The molecule has 0 atom stereocenters. The lowest BCUT2D eigenvalue weighted by molar-refractivity contribution is 0.422. The van der Waals surface area contributed by atoms with Gasteiger partial charge in [-0.15, -0.1) is 0 Å². The molecular formula is C15H13N5O. The van der Waals surface area contributed by atoms with Gasteiger partial charge in [-0.2, -0.15) is 4.98 Å². The quantitative estimate of drug-likeness (QED) is 0.625. The third kappa shape index (κ3) is 1.92. The summed E-state index contributed by atoms with van der Waals surface area (Å²) in [6.07, 6.45) is 6.34. The standard InChI is InChI=1S/C15H13N5O/c1-2-14-18-15(21-19-14)12-8-20(9-17-12)13-7-16-11-6-4-3-5-10(11)13/h3-9,16H,2H2,1H3. The first-order valence-electron chi connectivity index (χ1n) is 6.78. The molecule has 4 aromatic rings. The zero-order valence-electron chi connectivity index (χ0n) is 11.4. The van der Waals surface area contributed by atoms with E-state index in [9.17, 15) is 0 Å². The maximum atomic E-state index is 5.21. The molecule has 0 aliphatic heterocycles. The first-order valence-corrected chi connectivity index (χ1v) is 6.78. The van der Waals surface area contributed by atoms with Crippen LogP contribution in [0.3, 0.4) is 0 Å². The van der Waals surface area contributed by atoms with Crippen molar-refractivity contribution in [3.8, 4) is 17.3 Å². The maximum absolute atomic E-state index is 5.21. The van der Waals surface area contributed by atoms with E-state index in [0.29, 0.717) is 17.4 Å². The number of aryl methyl sites for hydroxylation is 1. The normalized spacial score (nSPS) is 11.3. The van der Waals surface area contributed by atoms with E-state index in [-0.39, 0.29) is 0 Å². The highest BCUT2D eigenvalue weighted by atomic mass is 16.5. The number of aromatic amines is 1. The average molecular weight is 279 g/mol. The Morgan fingerprint density at radius 1 is 1.29 bits per heavy atom. The Morgan fingerprint density at radius 2 is 2.19 bits per heavy atom. The summed E-state index contributed by atoms with van der Waals surface area (Å²) >= 11 is 0. The van der Waals surface area contributed by atoms with Gasteiger partial charge in [-0.3, -0.25) is 0 Å². The maximum Gasteiger partial charge on any atom is 0.278 e. The summed E-state index contributed by atoms with van der Waals surface area (Å²) in [5.74, 6) is 1.14. The monoisotopic (exact) mass is 279 g/mol. The van der Waals surface area contributed by atoms with Crippen molar-refractivity contribution >= 4 is 10.9 Å². The number of hydrogen-bond acceptors (Lipinski definition) is 4. The minimum Gasteiger partial charge on any atom is -0.359 e. The molecule has 0 fully saturated rings. The zero-order chi connectivity index (χ0) is 14.2. The number of rotatable bonds is 3. The first-order chi connectivity index (χ1) is 10.3. The van der Waals surface area contributed by atoms with Crippen LogP contribution in [-0.2, 0) is 6.42 Å². The van der Waals surface area contributed by atoms with Crippen LogP contribution in [0.2, 0.25) is 0 Å². The van der Waals surface area contributed by atoms with Gasteiger partial charge in [0.1, 0.15) is 12.0 Å². The van der Waals surface area contributed by atoms with Crippen molar-refractivity contribution in [2.75, 3.05) is 0 Å². The number of aromatic nitrogens is 5. The summed E-state index contributed by atoms with van der Waals surface area (Å²) < 4.78 is 7.16. The lowest BCUT2D eigenvalue weighted by Gasteiger charge is -1.98. The lowest BCUT2D eigenvalue weighted by atomic mass is 10.2. The largest absolute Gasteiger partial charge is 0.359 e. The lowest BCUT2D eigenvalue weighted by Crippen LogP contribution is -1.87. The van der Waals surface area contributed by atoms with Crippen LogP contribution in [0.5, 0.6) is 0 Å². The molecular weight excluding hydrogens is 266 g/mol. The SMILES string of the molecule is CCc1noc(-c2cn(-c3c[nH]c4ccccc34)cn2)n1. The molecule has 3 aromatic heterocycles. The van der Waals surface area contributed by atoms with Crippen LogP contribution in [-0.4, -0.2) is 24.7 Å². The molecule has 0 bridgehead atoms. The number of hydrogen-bond donors (Lipinski definition) is 1. The van der Waals surface area contributed by atoms with Gasteiger partial charge in [0.25, 0.3) is 5.89 Å². The van der Waals surface area contributed by atoms with Crippen LogP contribution >= 0.6 is 0 Å². The van der Waals surface area contributed by atoms with Crippen molar-refractivity contribution < 1.29 is 4.52 Å². The molecule has 6 heteroatoms. The summed E-state index contributed by atoms with van der Waals surface area (Å²) in [5, 5.41) is 5.03. The summed E-state index contributed by atoms with van der Waals surface area (Å²) in [4.78, 5) is 11.9. The molecule has 0 spiro atoms. The number of para-hydroxylation sites is 1. The third-order valence-electron chi connectivity index (χ3n) is 3.43. The van der Waals surface area contributed by atoms with Crippen LogP contribution < -0.4 is 0 Å². The molecule has 0 aliphatic carbocycles. The van der Waals surface area contributed by atoms with E-state index in [0.717, 1.165) is 23.0 Å². The van der Waals surface area contributed by atoms with Crippen molar-refractivity contribution in [3.05, 3.63) is 48.8 Å². The molecule has 6 nitrogen and oxygen atoms in total. The second-order valence-electron chi connectivity index (χ2n) is 4.75. The van der Waals surface area contributed by atoms with Crippen LogP contribution in [0, 0.1) is 0 Å². The highest BCUT2D eigenvalue weighted by Gasteiger charge is 2.12. The van der Waals surface area contributed by atoms with Crippen molar-refractivity contribution in [2.45, 2.75) is 13.3 Å². The molecule has 0 saturated heterocycles. The molecule has 0 unspecified atom stereocenters. The van der Waals surface area contributed by atoms with Gasteiger partial charge in [-0.25, -0.2) is 4.98 Å². The fourth-order valence-corrected chi connectivity index (χ4v) is 2.34. The molecule has 0 saturated carbocycles. The Morgan fingerprint density at radius 3 is 3.05 bits per heavy atom. The molecule has 21 heavy (non-hydrogen) atoms. The Balaban J connectivity index is 1.77. The Kier molecular flexibility index (Phi) is 2.60. The Labute approximate surface area is 120 Å². The second-order valence-corrected chi connectivity index (χ2v) is 4.75. The van der Waals surface area contributed by atoms with Gasteiger partial charge in [-0.1, -0.05) is 30.3 Å². The first kappa shape index (κ1) is 11.9. The Bertz CT molecular complexity index is 901. The van der Waals surface area contributed by atoms with Crippen LogP contribution in [0.1, 0.15) is 12.7 Å². The van der Waals surface area contributed by atoms with E-state index < -0.39 is 0 Å². The number of nitrogens with one attached hydrogen (secondary N) is 1. The summed E-state index contributed by atoms with van der Waals surface area (Å²) in [7, 11) is 0. The van der Waals surface area contributed by atoms with Gasteiger partial charge in [-0.05, 0) is 6.07 Å². The molecule has 0 radical (unpaired) electrons. The van der Waals surface area contributed by atoms with E-state index in [1.54, 1.807) is 6.33 Å². The van der Waals surface area contributed by atoms with Gasteiger partial charge in [0.2, 0.25) is 0 Å². The molecule has 0 aliphatic rings. The van der Waals surface area contributed by atoms with E-state index >= 15 is 0 Å². The molecule has 0 amide bonds. The smallest absolute Gasteiger partial charge is 0.278 e. The average Bonchev–Trinajstić information content (AvgIpc) is 3.24. The Hall–Kier alpha value is -2.89. The van der Waals surface area contributed by atoms with E-state index in [2.05, 4.69) is 26.2 Å². The van der Waals surface area contributed by atoms with E-state index in [1.807, 2.05) is 42.1 Å². The number of H-pyrrole nitrogens is 1. The minimum atomic E-state index is 0.449. The fraction of sp³-hybridized carbons (Fsp3) is 0.133. The van der Waals surface area contributed by atoms with Crippen molar-refractivity contribution in [1.82, 2.24) is 24.7 Å². The van der Waals surface area contributed by atoms with Crippen molar-refractivity contribution in [1.29, 1.82) is 0 Å². The van der Waals surface area contributed by atoms with Gasteiger partial charge >= 0.3 is 0 Å². The van der Waals surface area contributed by atoms with E-state index in [4.69, 9.17) is 4.52 Å². The third-order valence-corrected chi connectivity index (χ3v) is 3.43. The van der Waals surface area contributed by atoms with Crippen LogP contribution in [0.15, 0.2) is 47.5 Å². The number of imidazole rings is 1. The van der Waals surface area contributed by atoms with Gasteiger partial charge in [0.05, 0.1) is 5.69 Å². The molecule has 3 heterocycles. The van der Waals surface area contributed by atoms with Gasteiger partial charge in [0, 0.05) is 29.7 Å². The second kappa shape index (κ2) is 4.59. The highest BCUT2D eigenvalue weighted by molar-refractivity contribution is 5.88. The summed E-state index contributed by atoms with van der Waals surface area (Å²) in [6, 6.07) is 8.14. The highest BCUT2D eigenvalue weighted by Crippen LogP contribution is 2.23. The molecule has 4 rings (SSSR count). The predicted octanol–water partition coefficient (Wildman–Crippen LogP) is 2.97. The zero-order valence-corrected chi connectivity index (χ0v) is 11.4. The topological polar surface area (TPSA) is 72.5 Å². The van der Waals surface area contributed by atoms with Crippen LogP contribution in [0.25, 0.3) is 28.2 Å². The minimum absolute atomic E-state index is 0.449. The number of nitrogens with zero attached hydrogens (tertiary/aromatic N) is 4. The van der Waals surface area contributed by atoms with Gasteiger partial charge < -0.3 is 14.1 Å². The van der Waals surface area contributed by atoms with Gasteiger partial charge in [0.15, 0.2) is 5.82 Å². The molecule has 1 aromatic carbocycles. The fourth-order valence-electron chi connectivity index (χ4n) is 2.34. The number of benzene rings is 1. The van der Waals surface area contributed by atoms with Crippen molar-refractivity contribution in [3.63, 3.8) is 0 Å². The predicted molar refractivity (Wildman–Crippen MR) is 78.1 cm³/mol. The van der Waals surface area contributed by atoms with Crippen LogP contribution in [0.4, 0.5) is 0 Å². The summed E-state index contributed by atoms with van der Waals surface area (Å²) in [6.45, 7) is 1.99. The molecule has 1 N–H and O–H groups in total. The summed E-state index contributed by atoms with van der Waals surface area (Å²) in [5.41, 5.74) is 2.81. The van der Waals surface area contributed by atoms with E-state index in [1.165, 1.54) is 0 Å². The molecule has 104 valence electrons.